The fourth-order valence-corrected chi connectivity index (χ4v) is 2.12. The smallest absolute Gasteiger partial charge is 0.247 e. The van der Waals surface area contributed by atoms with E-state index in [1.54, 1.807) is 0 Å². The van der Waals surface area contributed by atoms with Gasteiger partial charge in [-0.2, -0.15) is 0 Å². The molecule has 0 saturated heterocycles. The number of carbonyl (C=O) groups excluding carboxylic acids is 1. The average molecular weight is 179 g/mol. The van der Waals surface area contributed by atoms with E-state index in [9.17, 15) is 4.79 Å². The molecule has 72 valence electrons. The van der Waals surface area contributed by atoms with Crippen LogP contribution in [0.25, 0.3) is 0 Å². The van der Waals surface area contributed by atoms with Crippen LogP contribution in [-0.2, 0) is 4.79 Å². The summed E-state index contributed by atoms with van der Waals surface area (Å²) in [6.45, 7) is 2.23. The van der Waals surface area contributed by atoms with Gasteiger partial charge in [-0.3, -0.25) is 4.79 Å². The van der Waals surface area contributed by atoms with Gasteiger partial charge in [0, 0.05) is 11.6 Å². The molecule has 0 aliphatic heterocycles. The Balaban J connectivity index is 1.86. The lowest BCUT2D eigenvalue weighted by Crippen LogP contribution is -2.38. The second-order valence-corrected chi connectivity index (χ2v) is 4.26. The van der Waals surface area contributed by atoms with E-state index in [1.165, 1.54) is 19.3 Å². The Kier molecular flexibility index (Phi) is 2.38. The van der Waals surface area contributed by atoms with Crippen LogP contribution in [0.3, 0.4) is 0 Å². The Morgan fingerprint density at radius 1 is 1.54 bits per heavy atom. The second-order valence-electron chi connectivity index (χ2n) is 4.26. The molecule has 0 bridgehead atoms. The highest BCUT2D eigenvalue weighted by Crippen LogP contribution is 2.26. The van der Waals surface area contributed by atoms with E-state index in [0.29, 0.717) is 12.0 Å². The first-order valence-electron chi connectivity index (χ1n) is 5.27. The van der Waals surface area contributed by atoms with Crippen molar-refractivity contribution in [2.24, 2.45) is 5.92 Å². The molecule has 0 aromatic heterocycles. The van der Waals surface area contributed by atoms with Crippen molar-refractivity contribution in [1.29, 1.82) is 0 Å². The van der Waals surface area contributed by atoms with Crippen molar-refractivity contribution >= 4 is 5.91 Å². The summed E-state index contributed by atoms with van der Waals surface area (Å²) in [7, 11) is 0. The molecule has 2 aliphatic rings. The fraction of sp³-hybridized carbons (Fsp3) is 0.727. The maximum atomic E-state index is 11.5. The third kappa shape index (κ3) is 1.77. The molecule has 0 spiro atoms. The van der Waals surface area contributed by atoms with Gasteiger partial charge in [-0.15, -0.1) is 0 Å². The van der Waals surface area contributed by atoms with Crippen molar-refractivity contribution in [1.82, 2.24) is 5.32 Å². The number of rotatable bonds is 2. The quantitative estimate of drug-likeness (QED) is 0.690. The Morgan fingerprint density at radius 2 is 2.31 bits per heavy atom. The molecule has 2 rings (SSSR count). The van der Waals surface area contributed by atoms with Crippen LogP contribution < -0.4 is 5.32 Å². The highest BCUT2D eigenvalue weighted by molar-refractivity contribution is 5.94. The number of hydrogen-bond donors (Lipinski definition) is 1. The third-order valence-electron chi connectivity index (χ3n) is 3.27. The molecule has 2 nitrogen and oxygen atoms in total. The van der Waals surface area contributed by atoms with Gasteiger partial charge < -0.3 is 5.32 Å². The summed E-state index contributed by atoms with van der Waals surface area (Å²) in [5.41, 5.74) is 0.999. The van der Waals surface area contributed by atoms with Gasteiger partial charge in [0.1, 0.15) is 0 Å². The lowest BCUT2D eigenvalue weighted by Gasteiger charge is -2.20. The van der Waals surface area contributed by atoms with Crippen LogP contribution in [-0.4, -0.2) is 11.9 Å². The zero-order chi connectivity index (χ0) is 9.26. The Labute approximate surface area is 79.4 Å². The predicted octanol–water partition coefficient (Wildman–Crippen LogP) is 2.01. The normalized spacial score (nSPS) is 32.2. The van der Waals surface area contributed by atoms with E-state index in [1.807, 2.05) is 6.08 Å². The van der Waals surface area contributed by atoms with Crippen molar-refractivity contribution in [3.05, 3.63) is 11.6 Å². The molecule has 2 aliphatic carbocycles. The number of nitrogens with one attached hydrogen (secondary N) is 1. The standard InChI is InChI=1S/C11H17NO/c1-8-4-2-7-10(8)12-11(13)9-5-3-6-9/h5,8,10H,2-4,6-7H2,1H3,(H,12,13). The molecule has 1 fully saturated rings. The highest BCUT2D eigenvalue weighted by atomic mass is 16.1. The summed E-state index contributed by atoms with van der Waals surface area (Å²) in [4.78, 5) is 11.5. The van der Waals surface area contributed by atoms with Gasteiger partial charge in [0.25, 0.3) is 0 Å². The molecule has 2 unspecified atom stereocenters. The van der Waals surface area contributed by atoms with E-state index >= 15 is 0 Å². The van der Waals surface area contributed by atoms with E-state index in [4.69, 9.17) is 0 Å². The molecule has 1 N–H and O–H groups in total. The first-order chi connectivity index (χ1) is 6.27. The summed E-state index contributed by atoms with van der Waals surface area (Å²) < 4.78 is 0. The van der Waals surface area contributed by atoms with Gasteiger partial charge >= 0.3 is 0 Å². The molecule has 2 heteroatoms. The molecular formula is C11H17NO. The highest BCUT2D eigenvalue weighted by Gasteiger charge is 2.26. The van der Waals surface area contributed by atoms with Gasteiger partial charge in [-0.1, -0.05) is 19.4 Å². The maximum Gasteiger partial charge on any atom is 0.247 e. The zero-order valence-corrected chi connectivity index (χ0v) is 8.18. The number of amides is 1. The monoisotopic (exact) mass is 179 g/mol. The Bertz CT molecular complexity index is 244. The van der Waals surface area contributed by atoms with Crippen molar-refractivity contribution < 1.29 is 4.79 Å². The van der Waals surface area contributed by atoms with Crippen LogP contribution in [0.2, 0.25) is 0 Å². The van der Waals surface area contributed by atoms with Crippen molar-refractivity contribution in [2.45, 2.75) is 45.1 Å². The number of carbonyl (C=O) groups is 1. The van der Waals surface area contributed by atoms with Crippen molar-refractivity contribution in [2.75, 3.05) is 0 Å². The third-order valence-corrected chi connectivity index (χ3v) is 3.27. The molecule has 13 heavy (non-hydrogen) atoms. The topological polar surface area (TPSA) is 29.1 Å². The van der Waals surface area contributed by atoms with Crippen molar-refractivity contribution in [3.8, 4) is 0 Å². The zero-order valence-electron chi connectivity index (χ0n) is 8.18. The fourth-order valence-electron chi connectivity index (χ4n) is 2.12. The van der Waals surface area contributed by atoms with Crippen LogP contribution >= 0.6 is 0 Å². The van der Waals surface area contributed by atoms with Gasteiger partial charge in [0.15, 0.2) is 0 Å². The average Bonchev–Trinajstić information content (AvgIpc) is 2.32. The van der Waals surface area contributed by atoms with Crippen LogP contribution in [0, 0.1) is 5.92 Å². The molecule has 0 radical (unpaired) electrons. The molecule has 0 aromatic carbocycles. The molecule has 0 aromatic rings. The molecular weight excluding hydrogens is 162 g/mol. The van der Waals surface area contributed by atoms with E-state index in [0.717, 1.165) is 18.4 Å². The Morgan fingerprint density at radius 3 is 2.77 bits per heavy atom. The summed E-state index contributed by atoms with van der Waals surface area (Å²) >= 11 is 0. The summed E-state index contributed by atoms with van der Waals surface area (Å²) in [6, 6.07) is 0.439. The van der Waals surface area contributed by atoms with Crippen LogP contribution in [0.4, 0.5) is 0 Å². The minimum absolute atomic E-state index is 0.185. The molecule has 1 amide bonds. The van der Waals surface area contributed by atoms with Gasteiger partial charge in [0.2, 0.25) is 5.91 Å². The Hall–Kier alpha value is -0.790. The second kappa shape index (κ2) is 3.52. The van der Waals surface area contributed by atoms with Gasteiger partial charge in [-0.25, -0.2) is 0 Å². The van der Waals surface area contributed by atoms with Crippen molar-refractivity contribution in [3.63, 3.8) is 0 Å². The van der Waals surface area contributed by atoms with Crippen LogP contribution in [0.5, 0.6) is 0 Å². The minimum Gasteiger partial charge on any atom is -0.349 e. The van der Waals surface area contributed by atoms with E-state index in [-0.39, 0.29) is 5.91 Å². The molecule has 2 atom stereocenters. The molecule has 1 saturated carbocycles. The molecule has 0 heterocycles. The number of hydrogen-bond acceptors (Lipinski definition) is 1. The van der Waals surface area contributed by atoms with Gasteiger partial charge in [0.05, 0.1) is 0 Å². The first-order valence-corrected chi connectivity index (χ1v) is 5.27. The summed E-state index contributed by atoms with van der Waals surface area (Å²) in [5.74, 6) is 0.856. The largest absolute Gasteiger partial charge is 0.349 e. The lowest BCUT2D eigenvalue weighted by atomic mass is 9.97. The first kappa shape index (κ1) is 8.79. The lowest BCUT2D eigenvalue weighted by molar-refractivity contribution is -0.118. The SMILES string of the molecule is CC1CCCC1NC(=O)C1=CCC1. The minimum atomic E-state index is 0.185. The predicted molar refractivity (Wildman–Crippen MR) is 52.3 cm³/mol. The van der Waals surface area contributed by atoms with E-state index in [2.05, 4.69) is 12.2 Å². The van der Waals surface area contributed by atoms with Crippen LogP contribution in [0.1, 0.15) is 39.0 Å². The summed E-state index contributed by atoms with van der Waals surface area (Å²) in [6.07, 6.45) is 7.81. The summed E-state index contributed by atoms with van der Waals surface area (Å²) in [5, 5.41) is 3.12. The van der Waals surface area contributed by atoms with Crippen LogP contribution in [0.15, 0.2) is 11.6 Å². The number of allylic oxidation sites excluding steroid dienone is 1. The van der Waals surface area contributed by atoms with Gasteiger partial charge in [-0.05, 0) is 31.6 Å². The maximum absolute atomic E-state index is 11.5. The van der Waals surface area contributed by atoms with E-state index < -0.39 is 0 Å².